The SMILES string of the molecule is Cc1ccc(C(=O)CCC(=O)N2CCC3(CC2)C(=O)N(c2ccccc2)C3c2ccc(Cl)cc2)cc1. The Morgan fingerprint density at radius 1 is 0.889 bits per heavy atom. The first-order chi connectivity index (χ1) is 17.4. The number of aryl methyl sites for hydroxylation is 1. The van der Waals surface area contributed by atoms with Crippen LogP contribution in [0.4, 0.5) is 5.69 Å². The zero-order chi connectivity index (χ0) is 25.3. The van der Waals surface area contributed by atoms with Crippen molar-refractivity contribution in [2.45, 2.75) is 38.6 Å². The van der Waals surface area contributed by atoms with Gasteiger partial charge in [0, 0.05) is 42.2 Å². The molecule has 0 radical (unpaired) electrons. The van der Waals surface area contributed by atoms with E-state index in [0.717, 1.165) is 16.8 Å². The van der Waals surface area contributed by atoms with Gasteiger partial charge in [-0.15, -0.1) is 0 Å². The van der Waals surface area contributed by atoms with Gasteiger partial charge in [0.2, 0.25) is 11.8 Å². The Kier molecular flexibility index (Phi) is 6.67. The van der Waals surface area contributed by atoms with E-state index < -0.39 is 5.41 Å². The average Bonchev–Trinajstić information content (AvgIpc) is 2.91. The van der Waals surface area contributed by atoms with Gasteiger partial charge in [0.25, 0.3) is 0 Å². The molecule has 184 valence electrons. The van der Waals surface area contributed by atoms with Gasteiger partial charge in [-0.2, -0.15) is 0 Å². The number of β-lactam (4-membered cyclic amide) rings is 1. The molecule has 5 nitrogen and oxygen atoms in total. The number of ketones is 1. The van der Waals surface area contributed by atoms with Crippen LogP contribution in [0.1, 0.15) is 53.2 Å². The molecule has 2 fully saturated rings. The van der Waals surface area contributed by atoms with Gasteiger partial charge >= 0.3 is 0 Å². The molecule has 3 aromatic rings. The average molecular weight is 501 g/mol. The fourth-order valence-corrected chi connectivity index (χ4v) is 5.65. The smallest absolute Gasteiger partial charge is 0.236 e. The minimum absolute atomic E-state index is 0.0210. The maximum Gasteiger partial charge on any atom is 0.236 e. The quantitative estimate of drug-likeness (QED) is 0.307. The van der Waals surface area contributed by atoms with Crippen molar-refractivity contribution in [3.63, 3.8) is 0 Å². The highest BCUT2D eigenvalue weighted by molar-refractivity contribution is 6.30. The minimum atomic E-state index is -0.543. The lowest BCUT2D eigenvalue weighted by molar-refractivity contribution is -0.149. The normalized spacial score (nSPS) is 18.7. The van der Waals surface area contributed by atoms with Gasteiger partial charge < -0.3 is 9.80 Å². The van der Waals surface area contributed by atoms with E-state index in [9.17, 15) is 14.4 Å². The highest BCUT2D eigenvalue weighted by atomic mass is 35.5. The summed E-state index contributed by atoms with van der Waals surface area (Å²) in [6.45, 7) is 3.00. The van der Waals surface area contributed by atoms with Gasteiger partial charge in [0.1, 0.15) is 0 Å². The van der Waals surface area contributed by atoms with Crippen LogP contribution in [0.3, 0.4) is 0 Å². The van der Waals surface area contributed by atoms with E-state index in [1.54, 1.807) is 0 Å². The van der Waals surface area contributed by atoms with Gasteiger partial charge in [-0.05, 0) is 49.6 Å². The van der Waals surface area contributed by atoms with Crippen LogP contribution in [0.5, 0.6) is 0 Å². The Balaban J connectivity index is 1.27. The third kappa shape index (κ3) is 4.44. The minimum Gasteiger partial charge on any atom is -0.343 e. The number of benzene rings is 3. The molecule has 2 heterocycles. The first-order valence-corrected chi connectivity index (χ1v) is 12.8. The molecule has 0 N–H and O–H groups in total. The van der Waals surface area contributed by atoms with Crippen LogP contribution >= 0.6 is 11.6 Å². The monoisotopic (exact) mass is 500 g/mol. The molecule has 0 aromatic heterocycles. The number of rotatable bonds is 6. The lowest BCUT2D eigenvalue weighted by atomic mass is 9.62. The second-order valence-electron chi connectivity index (χ2n) is 9.79. The summed E-state index contributed by atoms with van der Waals surface area (Å²) in [6, 6.07) is 24.8. The largest absolute Gasteiger partial charge is 0.343 e. The van der Waals surface area contributed by atoms with E-state index in [4.69, 9.17) is 11.6 Å². The van der Waals surface area contributed by atoms with Crippen molar-refractivity contribution < 1.29 is 14.4 Å². The molecular formula is C30H29ClN2O3. The summed E-state index contributed by atoms with van der Waals surface area (Å²) in [4.78, 5) is 42.7. The summed E-state index contributed by atoms with van der Waals surface area (Å²) >= 11 is 6.14. The number of hydrogen-bond acceptors (Lipinski definition) is 3. The fourth-order valence-electron chi connectivity index (χ4n) is 5.53. The molecule has 0 bridgehead atoms. The molecule has 2 aliphatic rings. The lowest BCUT2D eigenvalue weighted by Crippen LogP contribution is -2.67. The number of amides is 2. The van der Waals surface area contributed by atoms with Crippen LogP contribution in [-0.2, 0) is 9.59 Å². The lowest BCUT2D eigenvalue weighted by Gasteiger charge is -2.59. The molecule has 6 heteroatoms. The summed E-state index contributed by atoms with van der Waals surface area (Å²) in [6.07, 6.45) is 1.57. The number of hydrogen-bond donors (Lipinski definition) is 0. The van der Waals surface area contributed by atoms with Crippen molar-refractivity contribution in [3.8, 4) is 0 Å². The van der Waals surface area contributed by atoms with Crippen LogP contribution in [0, 0.1) is 12.3 Å². The molecule has 2 amide bonds. The van der Waals surface area contributed by atoms with Gasteiger partial charge in [-0.3, -0.25) is 14.4 Å². The van der Waals surface area contributed by atoms with E-state index in [1.807, 2.05) is 95.6 Å². The molecule has 3 aromatic carbocycles. The molecule has 1 spiro atoms. The number of carbonyl (C=O) groups is 3. The highest BCUT2D eigenvalue weighted by Crippen LogP contribution is 2.57. The highest BCUT2D eigenvalue weighted by Gasteiger charge is 2.62. The standard InChI is InChI=1S/C30H29ClN2O3/c1-21-7-9-22(10-8-21)26(34)15-16-27(35)32-19-17-30(18-20-32)28(23-11-13-24(31)14-12-23)33(29(30)36)25-5-3-2-4-6-25/h2-14,28H,15-20H2,1H3. The molecule has 2 aliphatic heterocycles. The maximum absolute atomic E-state index is 13.6. The van der Waals surface area contributed by atoms with Crippen molar-refractivity contribution in [1.82, 2.24) is 4.90 Å². The summed E-state index contributed by atoms with van der Waals surface area (Å²) < 4.78 is 0. The number of anilines is 1. The first-order valence-electron chi connectivity index (χ1n) is 12.4. The Labute approximate surface area is 216 Å². The Hall–Kier alpha value is -3.44. The molecule has 1 unspecified atom stereocenters. The molecule has 2 saturated heterocycles. The number of likely N-dealkylation sites (tertiary alicyclic amines) is 1. The topological polar surface area (TPSA) is 57.7 Å². The van der Waals surface area contributed by atoms with Crippen molar-refractivity contribution in [3.05, 3.63) is 101 Å². The summed E-state index contributed by atoms with van der Waals surface area (Å²) in [5.74, 6) is 0.0580. The number of para-hydroxylation sites is 1. The van der Waals surface area contributed by atoms with E-state index in [0.29, 0.717) is 36.5 Å². The van der Waals surface area contributed by atoms with Crippen LogP contribution in [0.2, 0.25) is 5.02 Å². The zero-order valence-corrected chi connectivity index (χ0v) is 21.1. The van der Waals surface area contributed by atoms with Crippen molar-refractivity contribution >= 4 is 34.9 Å². The van der Waals surface area contributed by atoms with Gasteiger partial charge in [0.15, 0.2) is 5.78 Å². The first kappa shape index (κ1) is 24.3. The van der Waals surface area contributed by atoms with Crippen molar-refractivity contribution in [2.24, 2.45) is 5.41 Å². The number of piperidine rings is 1. The molecule has 0 saturated carbocycles. The number of carbonyl (C=O) groups excluding carboxylic acids is 3. The third-order valence-corrected chi connectivity index (χ3v) is 7.85. The van der Waals surface area contributed by atoms with Crippen LogP contribution in [0.15, 0.2) is 78.9 Å². The predicted molar refractivity (Wildman–Crippen MR) is 141 cm³/mol. The van der Waals surface area contributed by atoms with Crippen molar-refractivity contribution in [1.29, 1.82) is 0 Å². The Bertz CT molecular complexity index is 1260. The maximum atomic E-state index is 13.6. The number of Topliss-reactive ketones (excluding diaryl/α,β-unsaturated/α-hetero) is 1. The molecule has 0 aliphatic carbocycles. The third-order valence-electron chi connectivity index (χ3n) is 7.59. The van der Waals surface area contributed by atoms with E-state index in [1.165, 1.54) is 0 Å². The zero-order valence-electron chi connectivity index (χ0n) is 20.3. The second-order valence-corrected chi connectivity index (χ2v) is 10.2. The summed E-state index contributed by atoms with van der Waals surface area (Å²) in [5.41, 5.74) is 3.11. The van der Waals surface area contributed by atoms with Gasteiger partial charge in [-0.25, -0.2) is 0 Å². The fraction of sp³-hybridized carbons (Fsp3) is 0.300. The molecule has 1 atom stereocenters. The Morgan fingerprint density at radius 2 is 1.53 bits per heavy atom. The van der Waals surface area contributed by atoms with Crippen LogP contribution in [-0.4, -0.2) is 35.6 Å². The summed E-state index contributed by atoms with van der Waals surface area (Å²) in [7, 11) is 0. The van der Waals surface area contributed by atoms with Gasteiger partial charge in [-0.1, -0.05) is 71.8 Å². The number of nitrogens with zero attached hydrogens (tertiary/aromatic N) is 2. The molecular weight excluding hydrogens is 472 g/mol. The van der Waals surface area contributed by atoms with Crippen molar-refractivity contribution in [2.75, 3.05) is 18.0 Å². The Morgan fingerprint density at radius 3 is 2.17 bits per heavy atom. The van der Waals surface area contributed by atoms with Gasteiger partial charge in [0.05, 0.1) is 11.5 Å². The molecule has 36 heavy (non-hydrogen) atoms. The van der Waals surface area contributed by atoms with E-state index in [2.05, 4.69) is 0 Å². The van der Waals surface area contributed by atoms with Crippen LogP contribution in [0.25, 0.3) is 0 Å². The summed E-state index contributed by atoms with van der Waals surface area (Å²) in [5, 5.41) is 0.658. The van der Waals surface area contributed by atoms with Crippen LogP contribution < -0.4 is 4.90 Å². The molecule has 5 rings (SSSR count). The van der Waals surface area contributed by atoms with E-state index >= 15 is 0 Å². The predicted octanol–water partition coefficient (Wildman–Crippen LogP) is 6.01. The number of halogens is 1. The van der Waals surface area contributed by atoms with E-state index in [-0.39, 0.29) is 36.5 Å². The second kappa shape index (κ2) is 9.90.